The van der Waals surface area contributed by atoms with E-state index in [9.17, 15) is 4.79 Å². The molecule has 38 heavy (non-hydrogen) atoms. The van der Waals surface area contributed by atoms with Gasteiger partial charge in [0, 0.05) is 50.8 Å². The zero-order valence-electron chi connectivity index (χ0n) is 21.0. The summed E-state index contributed by atoms with van der Waals surface area (Å²) in [4.78, 5) is 40.9. The van der Waals surface area contributed by atoms with E-state index in [1.807, 2.05) is 25.1 Å². The summed E-state index contributed by atoms with van der Waals surface area (Å²) < 4.78 is 5.37. The Morgan fingerprint density at radius 2 is 1.76 bits per heavy atom. The summed E-state index contributed by atoms with van der Waals surface area (Å²) >= 11 is 0. The van der Waals surface area contributed by atoms with Crippen LogP contribution in [0.15, 0.2) is 61.1 Å². The van der Waals surface area contributed by atoms with Crippen molar-refractivity contribution >= 4 is 29.2 Å². The van der Waals surface area contributed by atoms with Crippen molar-refractivity contribution < 1.29 is 9.53 Å². The van der Waals surface area contributed by atoms with Crippen LogP contribution in [0.3, 0.4) is 0 Å². The summed E-state index contributed by atoms with van der Waals surface area (Å²) in [5.41, 5.74) is 2.46. The molecule has 12 nitrogen and oxygen atoms in total. The molecule has 4 aromatic rings. The topological polar surface area (TPSA) is 143 Å². The van der Waals surface area contributed by atoms with Crippen molar-refractivity contribution in [3.05, 3.63) is 72.4 Å². The van der Waals surface area contributed by atoms with Gasteiger partial charge in [0.1, 0.15) is 29.6 Å². The summed E-state index contributed by atoms with van der Waals surface area (Å²) in [6, 6.07) is 12.5. The van der Waals surface area contributed by atoms with Gasteiger partial charge in [-0.05, 0) is 43.3 Å². The van der Waals surface area contributed by atoms with Crippen LogP contribution in [0.4, 0.5) is 23.3 Å². The molecule has 0 aliphatic carbocycles. The summed E-state index contributed by atoms with van der Waals surface area (Å²) in [6.07, 6.45) is 4.83. The summed E-state index contributed by atoms with van der Waals surface area (Å²) in [7, 11) is 0. The zero-order valence-corrected chi connectivity index (χ0v) is 21.0. The smallest absolute Gasteiger partial charge is 0.356 e. The molecule has 0 aromatic carbocycles. The molecule has 0 amide bonds. The van der Waals surface area contributed by atoms with Crippen LogP contribution in [-0.2, 0) is 4.74 Å². The molecule has 0 radical (unpaired) electrons. The molecular weight excluding hydrogens is 484 g/mol. The Hall–Kier alpha value is -4.55. The van der Waals surface area contributed by atoms with E-state index < -0.39 is 5.97 Å². The van der Waals surface area contributed by atoms with Crippen LogP contribution < -0.4 is 16.0 Å². The van der Waals surface area contributed by atoms with Gasteiger partial charge < -0.3 is 20.7 Å². The van der Waals surface area contributed by atoms with Gasteiger partial charge >= 0.3 is 5.97 Å². The molecule has 5 heterocycles. The fourth-order valence-corrected chi connectivity index (χ4v) is 3.83. The number of aromatic nitrogens is 6. The summed E-state index contributed by atoms with van der Waals surface area (Å²) in [6.45, 7) is 6.81. The Balaban J connectivity index is 1.17. The quantitative estimate of drug-likeness (QED) is 0.284. The van der Waals surface area contributed by atoms with Gasteiger partial charge in [-0.1, -0.05) is 6.07 Å². The molecule has 1 aliphatic rings. The molecular formula is C26H28N10O2. The lowest BCUT2D eigenvalue weighted by Crippen LogP contribution is -2.44. The van der Waals surface area contributed by atoms with E-state index in [0.29, 0.717) is 47.9 Å². The molecule has 12 heteroatoms. The van der Waals surface area contributed by atoms with Crippen LogP contribution in [0, 0.1) is 6.92 Å². The number of piperazine rings is 1. The Labute approximate surface area is 220 Å². The first-order valence-corrected chi connectivity index (χ1v) is 12.3. The Morgan fingerprint density at radius 3 is 2.55 bits per heavy atom. The highest BCUT2D eigenvalue weighted by atomic mass is 16.5. The number of hydrogen-bond donors (Lipinski definition) is 3. The second kappa shape index (κ2) is 12.1. The van der Waals surface area contributed by atoms with Gasteiger partial charge in [0.05, 0.1) is 11.9 Å². The molecule has 0 unspecified atom stereocenters. The number of nitrogens with one attached hydrogen (secondary N) is 3. The molecule has 1 aliphatic heterocycles. The SMILES string of the molecule is Cc1cccc(-c2nccc(Nc3ccnc(Nc4ccc(C(=O)OCCN5CCNCC5)nc4)n3)n2)n1. The second-order valence-electron chi connectivity index (χ2n) is 8.60. The van der Waals surface area contributed by atoms with Crippen molar-refractivity contribution in [2.45, 2.75) is 6.92 Å². The van der Waals surface area contributed by atoms with Crippen molar-refractivity contribution in [3.8, 4) is 11.5 Å². The van der Waals surface area contributed by atoms with Crippen LogP contribution in [0.1, 0.15) is 16.2 Å². The lowest BCUT2D eigenvalue weighted by atomic mass is 10.3. The molecule has 0 bridgehead atoms. The molecule has 1 fully saturated rings. The van der Waals surface area contributed by atoms with E-state index in [2.05, 4.69) is 50.8 Å². The van der Waals surface area contributed by atoms with E-state index in [4.69, 9.17) is 4.74 Å². The van der Waals surface area contributed by atoms with Crippen LogP contribution in [0.2, 0.25) is 0 Å². The first-order chi connectivity index (χ1) is 18.6. The lowest BCUT2D eigenvalue weighted by Gasteiger charge is -2.26. The number of esters is 1. The molecule has 0 spiro atoms. The van der Waals surface area contributed by atoms with Crippen LogP contribution in [-0.4, -0.2) is 80.1 Å². The van der Waals surface area contributed by atoms with Gasteiger partial charge in [-0.2, -0.15) is 4.98 Å². The first kappa shape index (κ1) is 25.1. The third-order valence-corrected chi connectivity index (χ3v) is 5.76. The first-order valence-electron chi connectivity index (χ1n) is 12.3. The maximum atomic E-state index is 12.3. The van der Waals surface area contributed by atoms with Crippen molar-refractivity contribution in [1.82, 2.24) is 40.1 Å². The van der Waals surface area contributed by atoms with Gasteiger partial charge in [0.2, 0.25) is 5.95 Å². The van der Waals surface area contributed by atoms with Crippen LogP contribution in [0.5, 0.6) is 0 Å². The fourth-order valence-electron chi connectivity index (χ4n) is 3.83. The van der Waals surface area contributed by atoms with Crippen LogP contribution >= 0.6 is 0 Å². The molecule has 0 atom stereocenters. The minimum atomic E-state index is -0.445. The standard InChI is InChI=1S/C26H28N10O2/c1-18-3-2-4-20(31-18)24-28-9-7-22(34-24)33-23-8-10-29-26(35-23)32-19-5-6-21(30-17-19)25(37)38-16-15-36-13-11-27-12-14-36/h2-10,17,27H,11-16H2,1H3,(H2,28,29,32,33,34,35). The third kappa shape index (κ3) is 6.81. The molecule has 5 rings (SSSR count). The summed E-state index contributed by atoms with van der Waals surface area (Å²) in [5, 5.41) is 9.56. The molecule has 0 saturated carbocycles. The van der Waals surface area contributed by atoms with Crippen molar-refractivity contribution in [2.24, 2.45) is 0 Å². The lowest BCUT2D eigenvalue weighted by molar-refractivity contribution is 0.0449. The van der Waals surface area contributed by atoms with E-state index in [0.717, 1.165) is 31.9 Å². The second-order valence-corrected chi connectivity index (χ2v) is 8.60. The monoisotopic (exact) mass is 512 g/mol. The van der Waals surface area contributed by atoms with Gasteiger partial charge in [-0.3, -0.25) is 4.90 Å². The highest BCUT2D eigenvalue weighted by Crippen LogP contribution is 2.19. The van der Waals surface area contributed by atoms with Crippen molar-refractivity contribution in [3.63, 3.8) is 0 Å². The average Bonchev–Trinajstić information content (AvgIpc) is 2.94. The van der Waals surface area contributed by atoms with Crippen LogP contribution in [0.25, 0.3) is 11.5 Å². The number of ether oxygens (including phenoxy) is 1. The number of carbonyl (C=O) groups is 1. The minimum absolute atomic E-state index is 0.245. The highest BCUT2D eigenvalue weighted by Gasteiger charge is 2.13. The predicted octanol–water partition coefficient (Wildman–Crippen LogP) is 2.58. The molecule has 194 valence electrons. The number of aryl methyl sites for hydroxylation is 1. The Morgan fingerprint density at radius 1 is 0.947 bits per heavy atom. The largest absolute Gasteiger partial charge is 0.460 e. The third-order valence-electron chi connectivity index (χ3n) is 5.76. The minimum Gasteiger partial charge on any atom is -0.460 e. The van der Waals surface area contributed by atoms with Crippen molar-refractivity contribution in [2.75, 3.05) is 50.0 Å². The maximum Gasteiger partial charge on any atom is 0.356 e. The number of rotatable bonds is 9. The zero-order chi connectivity index (χ0) is 26.2. The van der Waals surface area contributed by atoms with Gasteiger partial charge in [-0.25, -0.2) is 29.7 Å². The van der Waals surface area contributed by atoms with Crippen molar-refractivity contribution in [1.29, 1.82) is 0 Å². The predicted molar refractivity (Wildman–Crippen MR) is 142 cm³/mol. The number of anilines is 4. The number of pyridine rings is 2. The van der Waals surface area contributed by atoms with E-state index in [-0.39, 0.29) is 5.69 Å². The number of carbonyl (C=O) groups excluding carboxylic acids is 1. The fraction of sp³-hybridized carbons (Fsp3) is 0.269. The number of hydrogen-bond acceptors (Lipinski definition) is 12. The normalized spacial score (nSPS) is 13.6. The maximum absolute atomic E-state index is 12.3. The summed E-state index contributed by atoms with van der Waals surface area (Å²) in [5.74, 6) is 1.54. The Bertz CT molecular complexity index is 1380. The van der Waals surface area contributed by atoms with Gasteiger partial charge in [0.15, 0.2) is 5.82 Å². The van der Waals surface area contributed by atoms with E-state index in [1.54, 1.807) is 42.9 Å². The van der Waals surface area contributed by atoms with E-state index in [1.165, 1.54) is 0 Å². The average molecular weight is 513 g/mol. The molecule has 3 N–H and O–H groups in total. The molecule has 4 aromatic heterocycles. The van der Waals surface area contributed by atoms with Gasteiger partial charge in [0.25, 0.3) is 0 Å². The Kier molecular flexibility index (Phi) is 8.01. The van der Waals surface area contributed by atoms with E-state index >= 15 is 0 Å². The van der Waals surface area contributed by atoms with Gasteiger partial charge in [-0.15, -0.1) is 0 Å². The molecule has 1 saturated heterocycles. The highest BCUT2D eigenvalue weighted by molar-refractivity contribution is 5.87. The number of nitrogens with zero attached hydrogens (tertiary/aromatic N) is 7.